The summed E-state index contributed by atoms with van der Waals surface area (Å²) in [5, 5.41) is 4.19. The lowest BCUT2D eigenvalue weighted by atomic mass is 9.87. The first-order valence-corrected chi connectivity index (χ1v) is 14.3. The van der Waals surface area contributed by atoms with Crippen LogP contribution in [0.1, 0.15) is 48.8 Å². The van der Waals surface area contributed by atoms with E-state index in [1.54, 1.807) is 0 Å². The predicted molar refractivity (Wildman–Crippen MR) is 158 cm³/mol. The van der Waals surface area contributed by atoms with Crippen LogP contribution < -0.4 is 5.32 Å². The second-order valence-corrected chi connectivity index (χ2v) is 11.1. The van der Waals surface area contributed by atoms with Crippen molar-refractivity contribution in [3.8, 4) is 22.5 Å². The third-order valence-electron chi connectivity index (χ3n) is 8.21. The maximum Gasteiger partial charge on any atom is 0.228 e. The Hall–Kier alpha value is -3.21. The summed E-state index contributed by atoms with van der Waals surface area (Å²) in [4.78, 5) is 12.6. The molecule has 0 unspecified atom stereocenters. The number of fused-ring (bicyclic) bond motifs is 3. The van der Waals surface area contributed by atoms with Crippen LogP contribution in [0.5, 0.6) is 0 Å². The molecule has 4 nitrogen and oxygen atoms in total. The highest BCUT2D eigenvalue weighted by Gasteiger charge is 2.24. The number of nitrogens with zero attached hydrogens (tertiary/aromatic N) is 3. The van der Waals surface area contributed by atoms with Crippen LogP contribution in [0.15, 0.2) is 72.8 Å². The van der Waals surface area contributed by atoms with E-state index in [1.807, 2.05) is 24.3 Å². The van der Waals surface area contributed by atoms with Crippen molar-refractivity contribution in [2.45, 2.75) is 57.4 Å². The third-order valence-corrected chi connectivity index (χ3v) is 8.54. The summed E-state index contributed by atoms with van der Waals surface area (Å²) in [6.45, 7) is 1.10. The number of hydrogen-bond acceptors (Lipinski definition) is 4. The average Bonchev–Trinajstić information content (AvgIpc) is 2.97. The molecule has 0 atom stereocenters. The van der Waals surface area contributed by atoms with E-state index in [4.69, 9.17) is 21.6 Å². The molecule has 4 aromatic rings. The molecule has 6 rings (SSSR count). The van der Waals surface area contributed by atoms with Gasteiger partial charge in [0.25, 0.3) is 0 Å². The van der Waals surface area contributed by atoms with Gasteiger partial charge in [-0.05, 0) is 68.5 Å². The number of rotatable bonds is 7. The Morgan fingerprint density at radius 1 is 0.816 bits per heavy atom. The van der Waals surface area contributed by atoms with Crippen LogP contribution in [0.2, 0.25) is 5.02 Å². The number of halogens is 1. The minimum atomic E-state index is 0.597. The van der Waals surface area contributed by atoms with Crippen molar-refractivity contribution in [1.82, 2.24) is 14.9 Å². The predicted octanol–water partition coefficient (Wildman–Crippen LogP) is 8.11. The Morgan fingerprint density at radius 2 is 1.50 bits per heavy atom. The molecule has 1 fully saturated rings. The Labute approximate surface area is 231 Å². The largest absolute Gasteiger partial charge is 0.324 e. The van der Waals surface area contributed by atoms with Crippen LogP contribution in [0.25, 0.3) is 22.5 Å². The monoisotopic (exact) mass is 522 g/mol. The van der Waals surface area contributed by atoms with E-state index in [-0.39, 0.29) is 0 Å². The van der Waals surface area contributed by atoms with Crippen molar-refractivity contribution < 1.29 is 0 Å². The molecule has 1 heterocycles. The van der Waals surface area contributed by atoms with E-state index in [9.17, 15) is 0 Å². The van der Waals surface area contributed by atoms with Gasteiger partial charge in [-0.25, -0.2) is 9.97 Å². The zero-order valence-corrected chi connectivity index (χ0v) is 22.8. The SMILES string of the molecule is CN(CCc1ccc(Nc2nc(-c3ccccc3Cl)c3c(n2)-c2ccccc2CC3)cc1)C1CCCCC1. The van der Waals surface area contributed by atoms with Crippen LogP contribution in [0, 0.1) is 0 Å². The molecule has 0 bridgehead atoms. The molecule has 0 radical (unpaired) electrons. The number of likely N-dealkylation sites (N-methyl/N-ethyl adjacent to an activating group) is 1. The van der Waals surface area contributed by atoms with Crippen molar-refractivity contribution in [2.24, 2.45) is 0 Å². The third kappa shape index (κ3) is 5.34. The van der Waals surface area contributed by atoms with E-state index < -0.39 is 0 Å². The van der Waals surface area contributed by atoms with Gasteiger partial charge in [0, 0.05) is 40.0 Å². The molecule has 0 saturated heterocycles. The van der Waals surface area contributed by atoms with E-state index >= 15 is 0 Å². The first-order valence-electron chi connectivity index (χ1n) is 14.0. The Kier molecular flexibility index (Phi) is 7.44. The van der Waals surface area contributed by atoms with Gasteiger partial charge >= 0.3 is 0 Å². The maximum absolute atomic E-state index is 6.65. The summed E-state index contributed by atoms with van der Waals surface area (Å²) in [7, 11) is 2.29. The molecule has 2 aliphatic carbocycles. The van der Waals surface area contributed by atoms with E-state index in [0.29, 0.717) is 11.0 Å². The lowest BCUT2D eigenvalue weighted by molar-refractivity contribution is 0.194. The van der Waals surface area contributed by atoms with Gasteiger partial charge in [0.15, 0.2) is 0 Å². The smallest absolute Gasteiger partial charge is 0.228 e. The van der Waals surface area contributed by atoms with Crippen molar-refractivity contribution in [3.05, 3.63) is 94.5 Å². The fourth-order valence-corrected chi connectivity index (χ4v) is 6.22. The van der Waals surface area contributed by atoms with Gasteiger partial charge in [0.2, 0.25) is 5.95 Å². The molecule has 1 N–H and O–H groups in total. The number of hydrogen-bond donors (Lipinski definition) is 1. The molecule has 0 aliphatic heterocycles. The molecule has 194 valence electrons. The molecule has 0 amide bonds. The number of aromatic nitrogens is 2. The lowest BCUT2D eigenvalue weighted by Gasteiger charge is -2.31. The van der Waals surface area contributed by atoms with Gasteiger partial charge < -0.3 is 10.2 Å². The van der Waals surface area contributed by atoms with Crippen LogP contribution in [-0.2, 0) is 19.3 Å². The first kappa shape index (κ1) is 25.1. The topological polar surface area (TPSA) is 41.0 Å². The minimum Gasteiger partial charge on any atom is -0.324 e. The highest BCUT2D eigenvalue weighted by Crippen LogP contribution is 2.39. The molecular weight excluding hydrogens is 488 g/mol. The molecule has 38 heavy (non-hydrogen) atoms. The molecule has 3 aromatic carbocycles. The lowest BCUT2D eigenvalue weighted by Crippen LogP contribution is -2.34. The zero-order chi connectivity index (χ0) is 25.9. The second kappa shape index (κ2) is 11.3. The Balaban J connectivity index is 1.25. The number of benzene rings is 3. The second-order valence-electron chi connectivity index (χ2n) is 10.7. The number of anilines is 2. The van der Waals surface area contributed by atoms with Gasteiger partial charge in [-0.1, -0.05) is 85.5 Å². The average molecular weight is 523 g/mol. The van der Waals surface area contributed by atoms with Gasteiger partial charge in [-0.15, -0.1) is 0 Å². The van der Waals surface area contributed by atoms with Gasteiger partial charge in [0.1, 0.15) is 0 Å². The molecule has 2 aliphatic rings. The fraction of sp³-hybridized carbons (Fsp3) is 0.333. The highest BCUT2D eigenvalue weighted by molar-refractivity contribution is 6.33. The first-order chi connectivity index (χ1) is 18.7. The van der Waals surface area contributed by atoms with Gasteiger partial charge in [0.05, 0.1) is 11.4 Å². The molecule has 0 spiro atoms. The molecule has 1 saturated carbocycles. The summed E-state index contributed by atoms with van der Waals surface area (Å²) in [6.07, 6.45) is 9.80. The molecule has 1 aromatic heterocycles. The number of aryl methyl sites for hydroxylation is 1. The molecule has 5 heteroatoms. The van der Waals surface area contributed by atoms with E-state index in [2.05, 4.69) is 65.8 Å². The summed E-state index contributed by atoms with van der Waals surface area (Å²) in [5.74, 6) is 0.597. The maximum atomic E-state index is 6.65. The van der Waals surface area contributed by atoms with Crippen molar-refractivity contribution >= 4 is 23.2 Å². The van der Waals surface area contributed by atoms with E-state index in [1.165, 1.54) is 54.4 Å². The fourth-order valence-electron chi connectivity index (χ4n) is 6.00. The number of nitrogens with one attached hydrogen (secondary N) is 1. The summed E-state index contributed by atoms with van der Waals surface area (Å²) < 4.78 is 0. The highest BCUT2D eigenvalue weighted by atomic mass is 35.5. The van der Waals surface area contributed by atoms with Gasteiger partial charge in [-0.3, -0.25) is 0 Å². The summed E-state index contributed by atoms with van der Waals surface area (Å²) in [5.41, 5.74) is 8.90. The summed E-state index contributed by atoms with van der Waals surface area (Å²) >= 11 is 6.65. The molecular formula is C33H35ClN4. The quantitative estimate of drug-likeness (QED) is 0.266. The minimum absolute atomic E-state index is 0.597. The van der Waals surface area contributed by atoms with Crippen molar-refractivity contribution in [3.63, 3.8) is 0 Å². The zero-order valence-electron chi connectivity index (χ0n) is 22.1. The van der Waals surface area contributed by atoms with Crippen molar-refractivity contribution in [2.75, 3.05) is 18.9 Å². The van der Waals surface area contributed by atoms with Crippen molar-refractivity contribution in [1.29, 1.82) is 0 Å². The van der Waals surface area contributed by atoms with Crippen LogP contribution in [0.3, 0.4) is 0 Å². The Morgan fingerprint density at radius 3 is 2.26 bits per heavy atom. The summed E-state index contributed by atoms with van der Waals surface area (Å²) in [6, 6.07) is 26.0. The van der Waals surface area contributed by atoms with Crippen LogP contribution in [-0.4, -0.2) is 34.5 Å². The standard InChI is InChI=1S/C33H35ClN4/c1-38(26-10-3-2-4-11-26)22-21-23-15-18-25(19-16-23)35-33-36-31-27-12-6-5-9-24(27)17-20-29(31)32(37-33)28-13-7-8-14-30(28)34/h5-9,12-16,18-19,26H,2-4,10-11,17,20-22H2,1H3,(H,35,36,37). The van der Waals surface area contributed by atoms with Crippen LogP contribution in [0.4, 0.5) is 11.6 Å². The normalized spacial score (nSPS) is 15.2. The van der Waals surface area contributed by atoms with Crippen LogP contribution >= 0.6 is 11.6 Å². The Bertz CT molecular complexity index is 1410. The van der Waals surface area contributed by atoms with E-state index in [0.717, 1.165) is 54.5 Å². The van der Waals surface area contributed by atoms with Gasteiger partial charge in [-0.2, -0.15) is 0 Å².